The number of hydrogen-bond acceptors (Lipinski definition) is 4. The zero-order valence-electron chi connectivity index (χ0n) is 10.9. The van der Waals surface area contributed by atoms with Crippen molar-refractivity contribution in [1.82, 2.24) is 4.98 Å². The van der Waals surface area contributed by atoms with Crippen molar-refractivity contribution in [3.63, 3.8) is 0 Å². The number of carbonyl (C=O) groups excluding carboxylic acids is 1. The molecular weight excluding hydrogens is 311 g/mol. The number of ether oxygens (including phenoxy) is 1. The lowest BCUT2D eigenvalue weighted by Gasteiger charge is -2.11. The summed E-state index contributed by atoms with van der Waals surface area (Å²) in [6.07, 6.45) is 0.903. The molecule has 0 aliphatic rings. The molecule has 0 saturated carbocycles. The lowest BCUT2D eigenvalue weighted by Crippen LogP contribution is -2.10. The molecule has 0 atom stereocenters. The Morgan fingerprint density at radius 2 is 1.55 bits per heavy atom. The highest BCUT2D eigenvalue weighted by Gasteiger charge is 2.30. The largest absolute Gasteiger partial charge is 0.465 e. The smallest absolute Gasteiger partial charge is 0.340 e. The Bertz CT molecular complexity index is 751. The van der Waals surface area contributed by atoms with E-state index in [4.69, 9.17) is 5.73 Å². The van der Waals surface area contributed by atoms with Crippen LogP contribution < -0.4 is 5.73 Å². The van der Waals surface area contributed by atoms with Crippen molar-refractivity contribution >= 4 is 11.7 Å². The summed E-state index contributed by atoms with van der Waals surface area (Å²) >= 11 is 0. The van der Waals surface area contributed by atoms with Crippen LogP contribution in [0.5, 0.6) is 0 Å². The normalized spacial score (nSPS) is 10.6. The van der Waals surface area contributed by atoms with Crippen LogP contribution in [0.25, 0.3) is 11.3 Å². The quantitative estimate of drug-likeness (QED) is 0.400. The van der Waals surface area contributed by atoms with E-state index in [0.29, 0.717) is 0 Å². The van der Waals surface area contributed by atoms with Crippen LogP contribution >= 0.6 is 0 Å². The molecule has 22 heavy (non-hydrogen) atoms. The molecule has 0 aliphatic carbocycles. The molecule has 116 valence electrons. The van der Waals surface area contributed by atoms with Crippen molar-refractivity contribution in [3.05, 3.63) is 46.9 Å². The molecule has 0 spiro atoms. The van der Waals surface area contributed by atoms with Gasteiger partial charge in [0.2, 0.25) is 5.82 Å². The predicted octanol–water partition coefficient (Wildman–Crippen LogP) is 2.81. The van der Waals surface area contributed by atoms with Crippen molar-refractivity contribution in [2.24, 2.45) is 0 Å². The molecule has 0 bridgehead atoms. The fourth-order valence-electron chi connectivity index (χ4n) is 1.76. The van der Waals surface area contributed by atoms with E-state index >= 15 is 0 Å². The fourth-order valence-corrected chi connectivity index (χ4v) is 1.76. The summed E-state index contributed by atoms with van der Waals surface area (Å²) in [6, 6.07) is 0.951. The number of hydrogen-bond donors (Lipinski definition) is 1. The first-order chi connectivity index (χ1) is 10.3. The van der Waals surface area contributed by atoms with E-state index in [-0.39, 0.29) is 5.69 Å². The van der Waals surface area contributed by atoms with Crippen molar-refractivity contribution < 1.29 is 31.5 Å². The minimum absolute atomic E-state index is 0.0620. The summed E-state index contributed by atoms with van der Waals surface area (Å²) in [5.74, 6) is -11.9. The summed E-state index contributed by atoms with van der Waals surface area (Å²) in [7, 11) is 0.966. The van der Waals surface area contributed by atoms with Crippen LogP contribution in [-0.2, 0) is 4.74 Å². The van der Waals surface area contributed by atoms with Crippen LogP contribution in [0.4, 0.5) is 27.6 Å². The van der Waals surface area contributed by atoms with Crippen LogP contribution in [0.3, 0.4) is 0 Å². The van der Waals surface area contributed by atoms with E-state index < -0.39 is 51.9 Å². The van der Waals surface area contributed by atoms with E-state index in [1.54, 1.807) is 0 Å². The van der Waals surface area contributed by atoms with Gasteiger partial charge >= 0.3 is 5.97 Å². The Morgan fingerprint density at radius 1 is 1.05 bits per heavy atom. The maximum atomic E-state index is 13.8. The Kier molecular flexibility index (Phi) is 3.98. The van der Waals surface area contributed by atoms with Crippen molar-refractivity contribution in [2.75, 3.05) is 12.8 Å². The summed E-state index contributed by atoms with van der Waals surface area (Å²) in [5.41, 5.74) is 2.69. The molecule has 0 aliphatic heterocycles. The number of nitrogens with zero attached hydrogens (tertiary/aromatic N) is 1. The minimum atomic E-state index is -2.31. The van der Waals surface area contributed by atoms with Gasteiger partial charge in [-0.25, -0.2) is 26.7 Å². The number of nitrogen functional groups attached to an aromatic ring is 1. The maximum absolute atomic E-state index is 13.8. The van der Waals surface area contributed by atoms with Crippen LogP contribution in [0, 0.1) is 29.1 Å². The molecule has 1 aromatic heterocycles. The van der Waals surface area contributed by atoms with Gasteiger partial charge in [0, 0.05) is 0 Å². The summed E-state index contributed by atoms with van der Waals surface area (Å²) in [5, 5.41) is 0. The average molecular weight is 318 g/mol. The first-order valence-electron chi connectivity index (χ1n) is 5.65. The molecule has 0 fully saturated rings. The lowest BCUT2D eigenvalue weighted by atomic mass is 10.0. The number of rotatable bonds is 2. The van der Waals surface area contributed by atoms with Crippen LogP contribution in [0.15, 0.2) is 12.3 Å². The molecule has 4 nitrogen and oxygen atoms in total. The van der Waals surface area contributed by atoms with Gasteiger partial charge in [0.25, 0.3) is 0 Å². The highest BCUT2D eigenvalue weighted by atomic mass is 19.2. The number of methoxy groups -OCH3 is 1. The first kappa shape index (κ1) is 15.7. The molecule has 1 aromatic carbocycles. The maximum Gasteiger partial charge on any atom is 0.340 e. The Labute approximate surface area is 120 Å². The third kappa shape index (κ3) is 2.34. The molecular formula is C13H7F5N2O2. The van der Waals surface area contributed by atoms with E-state index in [2.05, 4.69) is 9.72 Å². The van der Waals surface area contributed by atoms with Gasteiger partial charge in [0.05, 0.1) is 35.8 Å². The van der Waals surface area contributed by atoms with Gasteiger partial charge < -0.3 is 10.5 Å². The third-order valence-corrected chi connectivity index (χ3v) is 2.76. The van der Waals surface area contributed by atoms with Gasteiger partial charge in [-0.1, -0.05) is 0 Å². The van der Waals surface area contributed by atoms with Crippen molar-refractivity contribution in [1.29, 1.82) is 0 Å². The van der Waals surface area contributed by atoms with Gasteiger partial charge in [-0.2, -0.15) is 0 Å². The lowest BCUT2D eigenvalue weighted by molar-refractivity contribution is 0.0601. The van der Waals surface area contributed by atoms with Crippen LogP contribution in [0.1, 0.15) is 10.4 Å². The van der Waals surface area contributed by atoms with E-state index in [9.17, 15) is 26.7 Å². The number of benzene rings is 1. The van der Waals surface area contributed by atoms with Crippen LogP contribution in [0.2, 0.25) is 0 Å². The Morgan fingerprint density at radius 3 is 2.05 bits per heavy atom. The monoisotopic (exact) mass is 318 g/mol. The van der Waals surface area contributed by atoms with E-state index in [1.165, 1.54) is 0 Å². The number of nitrogens with two attached hydrogens (primary N) is 1. The Balaban J connectivity index is 2.86. The van der Waals surface area contributed by atoms with Gasteiger partial charge in [0.1, 0.15) is 0 Å². The topological polar surface area (TPSA) is 65.2 Å². The van der Waals surface area contributed by atoms with Crippen molar-refractivity contribution in [3.8, 4) is 11.3 Å². The molecule has 1 heterocycles. The van der Waals surface area contributed by atoms with Gasteiger partial charge in [-0.15, -0.1) is 0 Å². The van der Waals surface area contributed by atoms with Crippen LogP contribution in [-0.4, -0.2) is 18.1 Å². The third-order valence-electron chi connectivity index (χ3n) is 2.76. The number of halogens is 5. The number of esters is 1. The molecule has 2 rings (SSSR count). The number of anilines is 1. The molecule has 0 radical (unpaired) electrons. The zero-order valence-corrected chi connectivity index (χ0v) is 10.9. The summed E-state index contributed by atoms with van der Waals surface area (Å²) in [6.45, 7) is 0. The second-order valence-corrected chi connectivity index (χ2v) is 4.10. The zero-order chi connectivity index (χ0) is 16.6. The average Bonchev–Trinajstić information content (AvgIpc) is 2.51. The molecule has 0 saturated heterocycles. The molecule has 0 unspecified atom stereocenters. The summed E-state index contributed by atoms with van der Waals surface area (Å²) < 4.78 is 71.5. The predicted molar refractivity (Wildman–Crippen MR) is 65.2 cm³/mol. The summed E-state index contributed by atoms with van der Waals surface area (Å²) in [4.78, 5) is 15.1. The van der Waals surface area contributed by atoms with E-state index in [1.807, 2.05) is 0 Å². The second kappa shape index (κ2) is 5.58. The second-order valence-electron chi connectivity index (χ2n) is 4.10. The number of aromatic nitrogens is 1. The molecule has 2 N–H and O–H groups in total. The number of pyridine rings is 1. The molecule has 2 aromatic rings. The molecule has 0 amide bonds. The van der Waals surface area contributed by atoms with Gasteiger partial charge in [-0.05, 0) is 6.07 Å². The highest BCUT2D eigenvalue weighted by Crippen LogP contribution is 2.33. The fraction of sp³-hybridized carbons (Fsp3) is 0.0769. The standard InChI is InChI=1S/C13H7F5N2O2/c1-22-13(21)5-2-4(19)3-20-12(5)6-7(14)9(16)11(18)10(17)8(6)15/h2-3H,19H2,1H3. The Hall–Kier alpha value is -2.71. The van der Waals surface area contributed by atoms with Gasteiger partial charge in [-0.3, -0.25) is 4.98 Å². The minimum Gasteiger partial charge on any atom is -0.465 e. The van der Waals surface area contributed by atoms with Gasteiger partial charge in [0.15, 0.2) is 23.3 Å². The molecule has 9 heteroatoms. The SMILES string of the molecule is COC(=O)c1cc(N)cnc1-c1c(F)c(F)c(F)c(F)c1F. The highest BCUT2D eigenvalue weighted by molar-refractivity contribution is 5.97. The number of carbonyl (C=O) groups is 1. The first-order valence-corrected chi connectivity index (χ1v) is 5.65. The van der Waals surface area contributed by atoms with Crippen molar-refractivity contribution in [2.45, 2.75) is 0 Å². The van der Waals surface area contributed by atoms with E-state index in [0.717, 1.165) is 19.4 Å².